The summed E-state index contributed by atoms with van der Waals surface area (Å²) in [5.41, 5.74) is 0.894. The lowest BCUT2D eigenvalue weighted by Crippen LogP contribution is -2.21. The van der Waals surface area contributed by atoms with Gasteiger partial charge in [-0.3, -0.25) is 4.79 Å². The number of thiocarbonyl (C=S) groups is 1. The summed E-state index contributed by atoms with van der Waals surface area (Å²) in [6.07, 6.45) is -2.17. The van der Waals surface area contributed by atoms with Crippen molar-refractivity contribution in [3.8, 4) is 0 Å². The van der Waals surface area contributed by atoms with Crippen LogP contribution in [0.4, 0.5) is 5.69 Å². The fraction of sp³-hybridized carbons (Fsp3) is 0.333. The molecule has 0 radical (unpaired) electrons. The second-order valence-electron chi connectivity index (χ2n) is 3.73. The third-order valence-electron chi connectivity index (χ3n) is 2.30. The Hall–Kier alpha value is -0.750. The number of isothiocyanates is 1. The number of aliphatic hydroxyl groups excluding tert-OH is 2. The summed E-state index contributed by atoms with van der Waals surface area (Å²) in [4.78, 5) is 14.5. The summed E-state index contributed by atoms with van der Waals surface area (Å²) in [6, 6.07) is 4.66. The maximum absolute atomic E-state index is 10.8. The summed E-state index contributed by atoms with van der Waals surface area (Å²) < 4.78 is 0. The van der Waals surface area contributed by atoms with Crippen LogP contribution in [0.3, 0.4) is 0 Å². The van der Waals surface area contributed by atoms with Crippen LogP contribution in [-0.2, 0) is 4.79 Å². The smallest absolute Gasteiger partial charge is 0.185 e. The van der Waals surface area contributed by atoms with Gasteiger partial charge in [0.1, 0.15) is 6.10 Å². The van der Waals surface area contributed by atoms with Gasteiger partial charge < -0.3 is 10.2 Å². The molecule has 4 nitrogen and oxygen atoms in total. The van der Waals surface area contributed by atoms with E-state index in [-0.39, 0.29) is 10.9 Å². The highest BCUT2D eigenvalue weighted by Crippen LogP contribution is 2.29. The fourth-order valence-electron chi connectivity index (χ4n) is 1.36. The number of hydrogen-bond donors (Lipinski definition) is 2. The van der Waals surface area contributed by atoms with Gasteiger partial charge in [0.25, 0.3) is 0 Å². The summed E-state index contributed by atoms with van der Waals surface area (Å²) >= 11 is 11.4. The van der Waals surface area contributed by atoms with Gasteiger partial charge in [0, 0.05) is 12.7 Å². The molecule has 0 spiro atoms. The number of nitrogens with zero attached hydrogens (tertiary/aromatic N) is 1. The van der Waals surface area contributed by atoms with Gasteiger partial charge in [-0.25, -0.2) is 0 Å². The van der Waals surface area contributed by atoms with Crippen LogP contribution in [-0.4, -0.2) is 32.3 Å². The van der Waals surface area contributed by atoms with Crippen LogP contribution in [0, 0.1) is 0 Å². The van der Waals surface area contributed by atoms with E-state index >= 15 is 0 Å². The number of carbonyl (C=O) groups excluding carboxylic acids is 1. The van der Waals surface area contributed by atoms with Crippen LogP contribution < -0.4 is 0 Å². The molecule has 2 unspecified atom stereocenters. The molecule has 7 heteroatoms. The van der Waals surface area contributed by atoms with Crippen molar-refractivity contribution < 1.29 is 15.0 Å². The molecule has 0 aliphatic carbocycles. The first kappa shape index (κ1) is 16.3. The molecule has 0 aliphatic heterocycles. The van der Waals surface area contributed by atoms with Crippen LogP contribution in [0.5, 0.6) is 0 Å². The summed E-state index contributed by atoms with van der Waals surface area (Å²) in [7, 11) is 0. The second-order valence-corrected chi connectivity index (χ2v) is 5.52. The number of aliphatic imine (C=N–C) groups is 1. The lowest BCUT2D eigenvalue weighted by Gasteiger charge is -2.17. The Bertz CT molecular complexity index is 518. The van der Waals surface area contributed by atoms with E-state index in [1.165, 1.54) is 13.0 Å². The normalized spacial score (nSPS) is 13.5. The lowest BCUT2D eigenvalue weighted by molar-refractivity contribution is -0.109. The highest BCUT2D eigenvalue weighted by Gasteiger charge is 2.19. The van der Waals surface area contributed by atoms with E-state index in [1.54, 1.807) is 12.1 Å². The maximum atomic E-state index is 10.8. The first-order valence-corrected chi connectivity index (χ1v) is 7.09. The van der Waals surface area contributed by atoms with Crippen LogP contribution in [0.2, 0.25) is 5.02 Å². The number of thioether (sulfide) groups is 1. The summed E-state index contributed by atoms with van der Waals surface area (Å²) in [5, 5.41) is 22.1. The predicted octanol–water partition coefficient (Wildman–Crippen LogP) is 2.75. The zero-order chi connectivity index (χ0) is 14.4. The van der Waals surface area contributed by atoms with E-state index in [9.17, 15) is 15.0 Å². The van der Waals surface area contributed by atoms with Gasteiger partial charge >= 0.3 is 0 Å². The summed E-state index contributed by atoms with van der Waals surface area (Å²) in [5.74, 6) is 0.119. The fourth-order valence-corrected chi connectivity index (χ4v) is 2.28. The van der Waals surface area contributed by atoms with Crippen LogP contribution in [0.25, 0.3) is 0 Å². The van der Waals surface area contributed by atoms with E-state index in [4.69, 9.17) is 11.6 Å². The molecule has 2 atom stereocenters. The highest BCUT2D eigenvalue weighted by atomic mass is 35.5. The van der Waals surface area contributed by atoms with Gasteiger partial charge in [0.2, 0.25) is 0 Å². The van der Waals surface area contributed by atoms with Crippen molar-refractivity contribution in [3.05, 3.63) is 28.8 Å². The van der Waals surface area contributed by atoms with E-state index in [2.05, 4.69) is 22.4 Å². The van der Waals surface area contributed by atoms with Crippen LogP contribution in [0.15, 0.2) is 23.2 Å². The monoisotopic (exact) mass is 317 g/mol. The quantitative estimate of drug-likeness (QED) is 0.645. The molecule has 1 aromatic carbocycles. The Labute approximate surface area is 125 Å². The maximum Gasteiger partial charge on any atom is 0.185 e. The average Bonchev–Trinajstić information content (AvgIpc) is 2.37. The zero-order valence-electron chi connectivity index (χ0n) is 10.0. The van der Waals surface area contributed by atoms with Crippen molar-refractivity contribution in [3.63, 3.8) is 0 Å². The SMILES string of the molecule is CC(=O)SCC(O)C(O)c1ccc(N=C=S)c(Cl)c1. The number of hydrogen-bond acceptors (Lipinski definition) is 6. The molecule has 19 heavy (non-hydrogen) atoms. The minimum absolute atomic E-state index is 0.116. The number of aliphatic hydroxyl groups is 2. The Morgan fingerprint density at radius 2 is 2.26 bits per heavy atom. The van der Waals surface area contributed by atoms with Gasteiger partial charge in [-0.1, -0.05) is 29.4 Å². The van der Waals surface area contributed by atoms with Crippen molar-refractivity contribution >= 4 is 51.5 Å². The van der Waals surface area contributed by atoms with E-state index in [1.807, 2.05) is 0 Å². The highest BCUT2D eigenvalue weighted by molar-refractivity contribution is 8.13. The first-order chi connectivity index (χ1) is 8.95. The van der Waals surface area contributed by atoms with Crippen molar-refractivity contribution in [2.45, 2.75) is 19.1 Å². The lowest BCUT2D eigenvalue weighted by atomic mass is 10.1. The standard InChI is InChI=1S/C12H12ClNO3S2/c1-7(15)19-5-11(16)12(17)8-2-3-10(14-6-18)9(13)4-8/h2-4,11-12,16-17H,5H2,1H3. The molecule has 0 fully saturated rings. The third-order valence-corrected chi connectivity index (χ3v) is 3.61. The van der Waals surface area contributed by atoms with E-state index < -0.39 is 12.2 Å². The van der Waals surface area contributed by atoms with Gasteiger partial charge in [-0.15, -0.1) is 0 Å². The molecule has 0 saturated heterocycles. The summed E-state index contributed by atoms with van der Waals surface area (Å²) in [6.45, 7) is 1.40. The van der Waals surface area contributed by atoms with Gasteiger partial charge in [-0.05, 0) is 29.9 Å². The molecule has 1 rings (SSSR count). The number of halogens is 1. The van der Waals surface area contributed by atoms with Crippen molar-refractivity contribution in [1.29, 1.82) is 0 Å². The molecular formula is C12H12ClNO3S2. The molecule has 0 saturated carbocycles. The minimum atomic E-state index is -1.12. The van der Waals surface area contributed by atoms with Crippen molar-refractivity contribution in [1.82, 2.24) is 0 Å². The molecular weight excluding hydrogens is 306 g/mol. The predicted molar refractivity (Wildman–Crippen MR) is 80.2 cm³/mol. The van der Waals surface area contributed by atoms with Crippen LogP contribution in [0.1, 0.15) is 18.6 Å². The van der Waals surface area contributed by atoms with Crippen molar-refractivity contribution in [2.24, 2.45) is 4.99 Å². The Morgan fingerprint density at radius 1 is 1.58 bits per heavy atom. The van der Waals surface area contributed by atoms with E-state index in [0.29, 0.717) is 16.3 Å². The largest absolute Gasteiger partial charge is 0.389 e. The molecule has 0 heterocycles. The van der Waals surface area contributed by atoms with Gasteiger partial charge in [0.05, 0.1) is 22.0 Å². The van der Waals surface area contributed by atoms with Crippen molar-refractivity contribution in [2.75, 3.05) is 5.75 Å². The van der Waals surface area contributed by atoms with Gasteiger partial charge in [0.15, 0.2) is 5.12 Å². The number of benzene rings is 1. The molecule has 102 valence electrons. The molecule has 0 aliphatic rings. The molecule has 0 aromatic heterocycles. The number of rotatable bonds is 5. The number of carbonyl (C=O) groups is 1. The molecule has 0 amide bonds. The zero-order valence-corrected chi connectivity index (χ0v) is 12.4. The molecule has 0 bridgehead atoms. The Morgan fingerprint density at radius 3 is 2.79 bits per heavy atom. The molecule has 1 aromatic rings. The minimum Gasteiger partial charge on any atom is -0.389 e. The second kappa shape index (κ2) is 7.75. The van der Waals surface area contributed by atoms with Gasteiger partial charge in [-0.2, -0.15) is 4.99 Å². The van der Waals surface area contributed by atoms with E-state index in [0.717, 1.165) is 11.8 Å². The molecule has 2 N–H and O–H groups in total. The average molecular weight is 318 g/mol. The van der Waals surface area contributed by atoms with Crippen LogP contribution >= 0.6 is 35.6 Å². The topological polar surface area (TPSA) is 69.9 Å². The third kappa shape index (κ3) is 5.03. The first-order valence-electron chi connectivity index (χ1n) is 5.32. The Kier molecular flexibility index (Phi) is 6.65. The Balaban J connectivity index is 2.82.